The van der Waals surface area contributed by atoms with Gasteiger partial charge in [-0.2, -0.15) is 0 Å². The van der Waals surface area contributed by atoms with Crippen molar-refractivity contribution < 1.29 is 0 Å². The molecule has 0 saturated heterocycles. The SMILES string of the molecule is Clc1cc(Sc2nnc(-c3ccncc3)n2-c2ccccc2)nc(C2CC2)n1. The van der Waals surface area contributed by atoms with E-state index in [9.17, 15) is 0 Å². The van der Waals surface area contributed by atoms with Crippen molar-refractivity contribution in [2.45, 2.75) is 28.9 Å². The average molecular weight is 407 g/mol. The largest absolute Gasteiger partial charge is 0.270 e. The van der Waals surface area contributed by atoms with Crippen LogP contribution in [0.15, 0.2) is 71.1 Å². The van der Waals surface area contributed by atoms with Crippen molar-refractivity contribution in [1.29, 1.82) is 0 Å². The molecule has 0 amide bonds. The van der Waals surface area contributed by atoms with Crippen molar-refractivity contribution in [3.05, 3.63) is 71.9 Å². The van der Waals surface area contributed by atoms with Gasteiger partial charge in [-0.25, -0.2) is 9.97 Å². The lowest BCUT2D eigenvalue weighted by molar-refractivity contribution is 0.859. The van der Waals surface area contributed by atoms with Gasteiger partial charge in [-0.05, 0) is 48.9 Å². The summed E-state index contributed by atoms with van der Waals surface area (Å²) in [6, 6.07) is 15.6. The summed E-state index contributed by atoms with van der Waals surface area (Å²) >= 11 is 7.67. The molecule has 138 valence electrons. The van der Waals surface area contributed by atoms with Crippen molar-refractivity contribution >= 4 is 23.4 Å². The molecule has 0 bridgehead atoms. The molecule has 4 aromatic rings. The van der Waals surface area contributed by atoms with Gasteiger partial charge in [0.05, 0.1) is 0 Å². The summed E-state index contributed by atoms with van der Waals surface area (Å²) in [5.74, 6) is 1.99. The lowest BCUT2D eigenvalue weighted by Crippen LogP contribution is -2.00. The van der Waals surface area contributed by atoms with Gasteiger partial charge < -0.3 is 0 Å². The fraction of sp³-hybridized carbons (Fsp3) is 0.150. The number of nitrogens with zero attached hydrogens (tertiary/aromatic N) is 6. The van der Waals surface area contributed by atoms with Crippen LogP contribution in [-0.4, -0.2) is 29.7 Å². The second-order valence-electron chi connectivity index (χ2n) is 6.48. The first-order valence-electron chi connectivity index (χ1n) is 8.91. The summed E-state index contributed by atoms with van der Waals surface area (Å²) in [7, 11) is 0. The summed E-state index contributed by atoms with van der Waals surface area (Å²) in [4.78, 5) is 13.1. The first kappa shape index (κ1) is 17.3. The molecular weight excluding hydrogens is 392 g/mol. The van der Waals surface area contributed by atoms with E-state index in [1.54, 1.807) is 18.5 Å². The zero-order chi connectivity index (χ0) is 18.9. The highest BCUT2D eigenvalue weighted by atomic mass is 35.5. The molecule has 8 heteroatoms. The van der Waals surface area contributed by atoms with Crippen LogP contribution < -0.4 is 0 Å². The maximum Gasteiger partial charge on any atom is 0.202 e. The molecule has 3 aromatic heterocycles. The van der Waals surface area contributed by atoms with Crippen LogP contribution >= 0.6 is 23.4 Å². The minimum absolute atomic E-state index is 0.428. The standard InChI is InChI=1S/C20H15ClN6S/c21-16-12-17(24-18(23-16)13-6-7-13)28-20-26-25-19(14-8-10-22-11-9-14)27(20)15-4-2-1-3-5-15/h1-5,8-13H,6-7H2. The summed E-state index contributed by atoms with van der Waals surface area (Å²) in [6.45, 7) is 0. The Labute approximate surface area is 171 Å². The fourth-order valence-corrected chi connectivity index (χ4v) is 4.03. The Morgan fingerprint density at radius 1 is 0.964 bits per heavy atom. The molecule has 3 heterocycles. The Morgan fingerprint density at radius 2 is 1.75 bits per heavy atom. The van der Waals surface area contributed by atoms with Crippen LogP contribution in [0, 0.1) is 0 Å². The van der Waals surface area contributed by atoms with Crippen molar-refractivity contribution in [1.82, 2.24) is 29.7 Å². The van der Waals surface area contributed by atoms with Gasteiger partial charge in [0.25, 0.3) is 0 Å². The smallest absolute Gasteiger partial charge is 0.202 e. The van der Waals surface area contributed by atoms with E-state index < -0.39 is 0 Å². The molecule has 1 fully saturated rings. The Hall–Kier alpha value is -2.77. The lowest BCUT2D eigenvalue weighted by atomic mass is 10.2. The highest BCUT2D eigenvalue weighted by Crippen LogP contribution is 2.40. The highest BCUT2D eigenvalue weighted by Gasteiger charge is 2.27. The molecule has 0 unspecified atom stereocenters. The van der Waals surface area contributed by atoms with E-state index in [0.29, 0.717) is 11.1 Å². The van der Waals surface area contributed by atoms with Crippen molar-refractivity contribution in [2.75, 3.05) is 0 Å². The molecule has 0 radical (unpaired) electrons. The molecule has 0 spiro atoms. The average Bonchev–Trinajstić information content (AvgIpc) is 3.50. The third kappa shape index (κ3) is 3.50. The Bertz CT molecular complexity index is 1110. The number of aromatic nitrogens is 6. The molecule has 28 heavy (non-hydrogen) atoms. The molecule has 0 aliphatic heterocycles. The molecule has 0 atom stereocenters. The summed E-state index contributed by atoms with van der Waals surface area (Å²) in [5.41, 5.74) is 1.92. The van der Waals surface area contributed by atoms with E-state index >= 15 is 0 Å². The number of pyridine rings is 1. The summed E-state index contributed by atoms with van der Waals surface area (Å²) in [5, 5.41) is 10.8. The number of hydrogen-bond acceptors (Lipinski definition) is 6. The van der Waals surface area contributed by atoms with Gasteiger partial charge >= 0.3 is 0 Å². The molecule has 0 N–H and O–H groups in total. The van der Waals surface area contributed by atoms with Gasteiger partial charge in [-0.3, -0.25) is 9.55 Å². The summed E-state index contributed by atoms with van der Waals surface area (Å²) in [6.07, 6.45) is 5.74. The normalized spacial score (nSPS) is 13.6. The van der Waals surface area contributed by atoms with E-state index in [1.165, 1.54) is 11.8 Å². The number of rotatable bonds is 5. The van der Waals surface area contributed by atoms with Crippen LogP contribution in [-0.2, 0) is 0 Å². The Kier molecular flexibility index (Phi) is 4.54. The third-order valence-corrected chi connectivity index (χ3v) is 5.47. The zero-order valence-electron chi connectivity index (χ0n) is 14.7. The predicted octanol–water partition coefficient (Wildman–Crippen LogP) is 4.80. The van der Waals surface area contributed by atoms with Crippen LogP contribution in [0.2, 0.25) is 5.15 Å². The minimum atomic E-state index is 0.428. The van der Waals surface area contributed by atoms with Crippen LogP contribution in [0.25, 0.3) is 17.1 Å². The van der Waals surface area contributed by atoms with Gasteiger partial charge in [-0.1, -0.05) is 29.8 Å². The Morgan fingerprint density at radius 3 is 2.50 bits per heavy atom. The van der Waals surface area contributed by atoms with E-state index in [2.05, 4.69) is 25.1 Å². The van der Waals surface area contributed by atoms with Crippen LogP contribution in [0.1, 0.15) is 24.6 Å². The minimum Gasteiger partial charge on any atom is -0.270 e. The number of benzene rings is 1. The number of para-hydroxylation sites is 1. The van der Waals surface area contributed by atoms with Crippen LogP contribution in [0.4, 0.5) is 0 Å². The predicted molar refractivity (Wildman–Crippen MR) is 108 cm³/mol. The molecule has 1 aromatic carbocycles. The van der Waals surface area contributed by atoms with E-state index in [4.69, 9.17) is 11.6 Å². The van der Waals surface area contributed by atoms with Gasteiger partial charge in [0.2, 0.25) is 5.16 Å². The molecule has 5 rings (SSSR count). The second-order valence-corrected chi connectivity index (χ2v) is 7.85. The quantitative estimate of drug-likeness (QED) is 0.443. The second kappa shape index (κ2) is 7.33. The number of hydrogen-bond donors (Lipinski definition) is 0. The summed E-state index contributed by atoms with van der Waals surface area (Å²) < 4.78 is 2.02. The number of halogens is 1. The van der Waals surface area contributed by atoms with Gasteiger partial charge in [0.15, 0.2) is 5.82 Å². The lowest BCUT2D eigenvalue weighted by Gasteiger charge is -2.10. The van der Waals surface area contributed by atoms with Crippen molar-refractivity contribution in [3.63, 3.8) is 0 Å². The first-order chi connectivity index (χ1) is 13.8. The molecule has 6 nitrogen and oxygen atoms in total. The fourth-order valence-electron chi connectivity index (χ4n) is 2.92. The van der Waals surface area contributed by atoms with Crippen molar-refractivity contribution in [2.24, 2.45) is 0 Å². The highest BCUT2D eigenvalue weighted by molar-refractivity contribution is 7.99. The van der Waals surface area contributed by atoms with Gasteiger partial charge in [-0.15, -0.1) is 10.2 Å². The molecule has 1 aliphatic carbocycles. The van der Waals surface area contributed by atoms with Gasteiger partial charge in [0.1, 0.15) is 16.0 Å². The molecule has 1 saturated carbocycles. The molecular formula is C20H15ClN6S. The molecule has 1 aliphatic rings. The van der Waals surface area contributed by atoms with Crippen molar-refractivity contribution in [3.8, 4) is 17.1 Å². The zero-order valence-corrected chi connectivity index (χ0v) is 16.3. The topological polar surface area (TPSA) is 69.4 Å². The van der Waals surface area contributed by atoms with Gasteiger partial charge in [0, 0.05) is 35.6 Å². The monoisotopic (exact) mass is 406 g/mol. The third-order valence-electron chi connectivity index (χ3n) is 4.41. The maximum atomic E-state index is 6.23. The van der Waals surface area contributed by atoms with E-state index in [-0.39, 0.29) is 0 Å². The Balaban J connectivity index is 1.59. The van der Waals surface area contributed by atoms with E-state index in [1.807, 2.05) is 47.0 Å². The van der Waals surface area contributed by atoms with Crippen LogP contribution in [0.3, 0.4) is 0 Å². The maximum absolute atomic E-state index is 6.23. The first-order valence-corrected chi connectivity index (χ1v) is 10.1. The van der Waals surface area contributed by atoms with E-state index in [0.717, 1.165) is 45.9 Å². The van der Waals surface area contributed by atoms with Crippen LogP contribution in [0.5, 0.6) is 0 Å².